The number of hydrogen-bond donors (Lipinski definition) is 2. The van der Waals surface area contributed by atoms with Crippen LogP contribution < -0.4 is 0 Å². The molecule has 0 bridgehead atoms. The van der Waals surface area contributed by atoms with Crippen molar-refractivity contribution in [2.45, 2.75) is 64.1 Å². The third-order valence-electron chi connectivity index (χ3n) is 4.77. The van der Waals surface area contributed by atoms with Crippen LogP contribution in [0.15, 0.2) is 11.6 Å². The summed E-state index contributed by atoms with van der Waals surface area (Å²) < 4.78 is 21.9. The first kappa shape index (κ1) is 24.2. The smallest absolute Gasteiger partial charge is 0.330 e. The van der Waals surface area contributed by atoms with Crippen molar-refractivity contribution in [3.05, 3.63) is 11.6 Å². The Balaban J connectivity index is 3.55. The predicted octanol–water partition coefficient (Wildman–Crippen LogP) is 0.508. The van der Waals surface area contributed by atoms with Crippen LogP contribution in [0, 0.1) is 5.41 Å². The van der Waals surface area contributed by atoms with Crippen molar-refractivity contribution in [2.75, 3.05) is 20.8 Å². The molecule has 0 amide bonds. The van der Waals surface area contributed by atoms with Crippen LogP contribution in [0.25, 0.3) is 0 Å². The highest BCUT2D eigenvalue weighted by Gasteiger charge is 2.60. The van der Waals surface area contributed by atoms with E-state index in [9.17, 15) is 19.5 Å². The summed E-state index contributed by atoms with van der Waals surface area (Å²) in [6.45, 7) is 4.23. The average molecular weight is 402 g/mol. The fraction of sp³-hybridized carbons (Fsp3) is 0.737. The van der Waals surface area contributed by atoms with Crippen molar-refractivity contribution >= 4 is 18.2 Å². The molecule has 0 aliphatic carbocycles. The molecule has 2 N–H and O–H groups in total. The van der Waals surface area contributed by atoms with Crippen molar-refractivity contribution in [3.63, 3.8) is 0 Å². The minimum atomic E-state index is -1.75. The van der Waals surface area contributed by atoms with Crippen LogP contribution in [-0.4, -0.2) is 73.4 Å². The number of aldehydes is 1. The quantitative estimate of drug-likeness (QED) is 0.322. The average Bonchev–Trinajstić information content (AvgIpc) is 2.68. The topological polar surface area (TPSA) is 129 Å². The van der Waals surface area contributed by atoms with Gasteiger partial charge in [0.1, 0.15) is 6.29 Å². The Hall–Kier alpha value is -1.81. The highest BCUT2D eigenvalue weighted by molar-refractivity contribution is 5.83. The number of esters is 2. The molecule has 1 unspecified atom stereocenters. The molecule has 1 rings (SSSR count). The van der Waals surface area contributed by atoms with Crippen molar-refractivity contribution < 1.29 is 43.5 Å². The van der Waals surface area contributed by atoms with Crippen molar-refractivity contribution in [1.82, 2.24) is 0 Å². The van der Waals surface area contributed by atoms with E-state index in [0.717, 1.165) is 0 Å². The zero-order chi connectivity index (χ0) is 21.5. The Morgan fingerprint density at radius 3 is 2.50 bits per heavy atom. The molecule has 0 aromatic carbocycles. The number of carbonyl (C=O) groups excluding carboxylic acids is 3. The summed E-state index contributed by atoms with van der Waals surface area (Å²) in [5.74, 6) is -3.00. The van der Waals surface area contributed by atoms with Gasteiger partial charge in [0.25, 0.3) is 0 Å². The largest absolute Gasteiger partial charge is 0.466 e. The molecule has 1 fully saturated rings. The van der Waals surface area contributed by atoms with Crippen LogP contribution in [0.4, 0.5) is 0 Å². The molecule has 0 spiro atoms. The van der Waals surface area contributed by atoms with Gasteiger partial charge in [0.15, 0.2) is 6.10 Å². The molecule has 0 aromatic heterocycles. The molecule has 1 aliphatic heterocycles. The first-order valence-corrected chi connectivity index (χ1v) is 9.06. The van der Waals surface area contributed by atoms with Gasteiger partial charge in [0, 0.05) is 26.0 Å². The molecule has 1 saturated heterocycles. The molecule has 9 heteroatoms. The van der Waals surface area contributed by atoms with Gasteiger partial charge in [-0.25, -0.2) is 4.79 Å². The van der Waals surface area contributed by atoms with E-state index in [1.807, 2.05) is 0 Å². The minimum Gasteiger partial charge on any atom is -0.466 e. The summed E-state index contributed by atoms with van der Waals surface area (Å²) in [6.07, 6.45) is -1.01. The van der Waals surface area contributed by atoms with Crippen LogP contribution >= 0.6 is 0 Å². The van der Waals surface area contributed by atoms with Gasteiger partial charge < -0.3 is 34.0 Å². The summed E-state index contributed by atoms with van der Waals surface area (Å²) >= 11 is 0. The van der Waals surface area contributed by atoms with E-state index in [0.29, 0.717) is 11.9 Å². The molecule has 28 heavy (non-hydrogen) atoms. The molecule has 0 saturated carbocycles. The van der Waals surface area contributed by atoms with Gasteiger partial charge in [-0.2, -0.15) is 0 Å². The Kier molecular flexibility index (Phi) is 8.75. The maximum Gasteiger partial charge on any atom is 0.330 e. The molecule has 4 atom stereocenters. The molecule has 160 valence electrons. The lowest BCUT2D eigenvalue weighted by Gasteiger charge is -2.51. The second kappa shape index (κ2) is 10.1. The van der Waals surface area contributed by atoms with E-state index < -0.39 is 48.1 Å². The number of aliphatic hydroxyl groups is 2. The van der Waals surface area contributed by atoms with E-state index >= 15 is 0 Å². The van der Waals surface area contributed by atoms with Gasteiger partial charge in [-0.3, -0.25) is 4.79 Å². The zero-order valence-electron chi connectivity index (χ0n) is 17.0. The van der Waals surface area contributed by atoms with Gasteiger partial charge in [-0.1, -0.05) is 6.92 Å². The third kappa shape index (κ3) is 5.16. The lowest BCUT2D eigenvalue weighted by Crippen LogP contribution is -2.64. The summed E-state index contributed by atoms with van der Waals surface area (Å²) in [4.78, 5) is 35.8. The van der Waals surface area contributed by atoms with Crippen LogP contribution in [0.1, 0.15) is 40.0 Å². The standard InChI is InChI=1S/C19H30O9/c1-6-15(23)27-17-12(8-16(24)25-4)7-14(9-13(22)10-20)28-19(17,26-5)18(2,3)11-21/h8,11,13-14,17,20,22H,6-7,9-10H2,1-5H3/b12-8+/t13?,14-,17-,19+/m0/s1. The highest BCUT2D eigenvalue weighted by atomic mass is 16.7. The Morgan fingerprint density at radius 2 is 2.04 bits per heavy atom. The minimum absolute atomic E-state index is 0.0174. The predicted molar refractivity (Wildman–Crippen MR) is 97.1 cm³/mol. The molecular formula is C19H30O9. The molecule has 0 radical (unpaired) electrons. The van der Waals surface area contributed by atoms with Crippen molar-refractivity contribution in [2.24, 2.45) is 5.41 Å². The maximum atomic E-state index is 12.1. The zero-order valence-corrected chi connectivity index (χ0v) is 17.0. The summed E-state index contributed by atoms with van der Waals surface area (Å²) in [6, 6.07) is 0. The second-order valence-corrected chi connectivity index (χ2v) is 7.19. The number of carbonyl (C=O) groups is 3. The van der Waals surface area contributed by atoms with E-state index in [1.165, 1.54) is 20.3 Å². The van der Waals surface area contributed by atoms with E-state index in [4.69, 9.17) is 19.3 Å². The van der Waals surface area contributed by atoms with Gasteiger partial charge in [0.05, 0.1) is 31.3 Å². The summed E-state index contributed by atoms with van der Waals surface area (Å²) in [5.41, 5.74) is -0.967. The van der Waals surface area contributed by atoms with Gasteiger partial charge in [0.2, 0.25) is 5.79 Å². The first-order valence-electron chi connectivity index (χ1n) is 9.06. The summed E-state index contributed by atoms with van der Waals surface area (Å²) in [7, 11) is 2.51. The lowest BCUT2D eigenvalue weighted by atomic mass is 9.75. The molecule has 1 aliphatic rings. The first-order chi connectivity index (χ1) is 13.1. The molecule has 9 nitrogen and oxygen atoms in total. The van der Waals surface area contributed by atoms with Gasteiger partial charge in [-0.05, 0) is 25.8 Å². The summed E-state index contributed by atoms with van der Waals surface area (Å²) in [5, 5.41) is 19.0. The number of aliphatic hydroxyl groups excluding tert-OH is 2. The van der Waals surface area contributed by atoms with Crippen molar-refractivity contribution in [3.8, 4) is 0 Å². The highest BCUT2D eigenvalue weighted by Crippen LogP contribution is 2.46. The number of methoxy groups -OCH3 is 2. The molecular weight excluding hydrogens is 372 g/mol. The number of hydrogen-bond acceptors (Lipinski definition) is 9. The fourth-order valence-electron chi connectivity index (χ4n) is 3.18. The number of ether oxygens (including phenoxy) is 4. The Bertz CT molecular complexity index is 598. The monoisotopic (exact) mass is 402 g/mol. The van der Waals surface area contributed by atoms with E-state index in [-0.39, 0.29) is 19.3 Å². The van der Waals surface area contributed by atoms with Crippen LogP contribution in [0.3, 0.4) is 0 Å². The number of rotatable bonds is 9. The van der Waals surface area contributed by atoms with Gasteiger partial charge in [-0.15, -0.1) is 0 Å². The molecule has 1 heterocycles. The van der Waals surface area contributed by atoms with Crippen LogP contribution in [0.5, 0.6) is 0 Å². The van der Waals surface area contributed by atoms with Gasteiger partial charge >= 0.3 is 11.9 Å². The SMILES string of the molecule is CCC(=O)O[C@H]1/C(=C/C(=O)OC)C[C@@H](CC(O)CO)O[C@@]1(OC)C(C)(C)C=O. The normalized spacial score (nSPS) is 27.9. The van der Waals surface area contributed by atoms with E-state index in [2.05, 4.69) is 4.74 Å². The molecule has 0 aromatic rings. The Morgan fingerprint density at radius 1 is 1.39 bits per heavy atom. The lowest BCUT2D eigenvalue weighted by molar-refractivity contribution is -0.337. The fourth-order valence-corrected chi connectivity index (χ4v) is 3.18. The maximum absolute atomic E-state index is 12.1. The Labute approximate surface area is 164 Å². The van der Waals surface area contributed by atoms with E-state index in [1.54, 1.807) is 20.8 Å². The van der Waals surface area contributed by atoms with Crippen molar-refractivity contribution in [1.29, 1.82) is 0 Å². The van der Waals surface area contributed by atoms with Crippen LogP contribution in [-0.2, 0) is 33.3 Å². The van der Waals surface area contributed by atoms with Crippen LogP contribution in [0.2, 0.25) is 0 Å². The second-order valence-electron chi connectivity index (χ2n) is 7.19. The third-order valence-corrected chi connectivity index (χ3v) is 4.77.